The van der Waals surface area contributed by atoms with E-state index >= 15 is 0 Å². The van der Waals surface area contributed by atoms with Gasteiger partial charge in [0.2, 0.25) is 0 Å². The third-order valence-electron chi connectivity index (χ3n) is 3.74. The van der Waals surface area contributed by atoms with Crippen LogP contribution in [0.5, 0.6) is 0 Å². The summed E-state index contributed by atoms with van der Waals surface area (Å²) in [5.41, 5.74) is 0. The Morgan fingerprint density at radius 3 is 2.22 bits per heavy atom. The van der Waals surface area contributed by atoms with Gasteiger partial charge in [-0.3, -0.25) is 4.79 Å². The second kappa shape index (κ2) is 9.55. The van der Waals surface area contributed by atoms with Crippen LogP contribution in [0.1, 0.15) is 78.1 Å². The molecule has 1 aliphatic carbocycles. The molecule has 2 heteroatoms. The maximum Gasteiger partial charge on any atom is 0.161 e. The Morgan fingerprint density at radius 1 is 1.06 bits per heavy atom. The minimum atomic E-state index is -0.0740. The minimum absolute atomic E-state index is 0.0740. The Kier molecular flexibility index (Phi) is 8.32. The van der Waals surface area contributed by atoms with Crippen molar-refractivity contribution >= 4 is 5.78 Å². The van der Waals surface area contributed by atoms with Crippen molar-refractivity contribution in [2.75, 3.05) is 6.61 Å². The highest BCUT2D eigenvalue weighted by Crippen LogP contribution is 2.35. The van der Waals surface area contributed by atoms with Crippen LogP contribution in [0.2, 0.25) is 0 Å². The highest BCUT2D eigenvalue weighted by atomic mass is 16.5. The van der Waals surface area contributed by atoms with Crippen molar-refractivity contribution in [1.29, 1.82) is 0 Å². The summed E-state index contributed by atoms with van der Waals surface area (Å²) < 4.78 is 5.59. The molecular formula is C16H30O2. The molecule has 0 aromatic rings. The third-order valence-corrected chi connectivity index (χ3v) is 3.74. The Balaban J connectivity index is 2.01. The van der Waals surface area contributed by atoms with Crippen molar-refractivity contribution in [3.05, 3.63) is 0 Å². The van der Waals surface area contributed by atoms with Gasteiger partial charge in [0.05, 0.1) is 0 Å². The van der Waals surface area contributed by atoms with Crippen molar-refractivity contribution in [3.8, 4) is 0 Å². The van der Waals surface area contributed by atoms with E-state index in [1.165, 1.54) is 51.4 Å². The lowest BCUT2D eigenvalue weighted by Crippen LogP contribution is -2.26. The summed E-state index contributed by atoms with van der Waals surface area (Å²) >= 11 is 0. The summed E-state index contributed by atoms with van der Waals surface area (Å²) in [7, 11) is 0. The molecule has 1 rings (SSSR count). The average molecular weight is 254 g/mol. The number of hydrogen-bond acceptors (Lipinski definition) is 2. The van der Waals surface area contributed by atoms with Crippen molar-refractivity contribution < 1.29 is 9.53 Å². The van der Waals surface area contributed by atoms with Gasteiger partial charge >= 0.3 is 0 Å². The number of rotatable bonds is 12. The van der Waals surface area contributed by atoms with E-state index in [0.29, 0.717) is 18.3 Å². The molecule has 1 atom stereocenters. The quantitative estimate of drug-likeness (QED) is 0.479. The van der Waals surface area contributed by atoms with Gasteiger partial charge in [-0.25, -0.2) is 0 Å². The van der Waals surface area contributed by atoms with Crippen molar-refractivity contribution in [1.82, 2.24) is 0 Å². The normalized spacial score (nSPS) is 16.8. The van der Waals surface area contributed by atoms with Crippen LogP contribution in [0, 0.1) is 5.92 Å². The zero-order chi connectivity index (χ0) is 13.2. The number of carbonyl (C=O) groups excluding carboxylic acids is 1. The number of ketones is 1. The molecule has 0 aromatic carbocycles. The summed E-state index contributed by atoms with van der Waals surface area (Å²) in [4.78, 5) is 12.0. The number of unbranched alkanes of at least 4 members (excludes halogenated alkanes) is 6. The molecule has 1 fully saturated rings. The van der Waals surface area contributed by atoms with Gasteiger partial charge in [0.1, 0.15) is 6.10 Å². The van der Waals surface area contributed by atoms with Crippen molar-refractivity contribution in [3.63, 3.8) is 0 Å². The van der Waals surface area contributed by atoms with Crippen LogP contribution in [-0.2, 0) is 9.53 Å². The monoisotopic (exact) mass is 254 g/mol. The maximum atomic E-state index is 12.0. The Morgan fingerprint density at radius 2 is 1.67 bits per heavy atom. The standard InChI is InChI=1S/C16H30O2/c1-3-5-6-7-8-9-10-11-15(17)16(18-4-2)14-12-13-14/h14,16H,3-13H2,1-2H3. The van der Waals surface area contributed by atoms with E-state index in [0.717, 1.165) is 12.8 Å². The molecule has 0 amide bonds. The van der Waals surface area contributed by atoms with Gasteiger partial charge in [-0.2, -0.15) is 0 Å². The first-order chi connectivity index (χ1) is 8.79. The summed E-state index contributed by atoms with van der Waals surface area (Å²) in [6.07, 6.45) is 11.9. The molecule has 0 saturated heterocycles. The van der Waals surface area contributed by atoms with Crippen LogP contribution in [0.15, 0.2) is 0 Å². The Hall–Kier alpha value is -0.370. The van der Waals surface area contributed by atoms with Crippen LogP contribution in [0.3, 0.4) is 0 Å². The van der Waals surface area contributed by atoms with Crippen LogP contribution in [0.4, 0.5) is 0 Å². The first-order valence-electron chi connectivity index (χ1n) is 7.93. The fraction of sp³-hybridized carbons (Fsp3) is 0.938. The third kappa shape index (κ3) is 6.53. The highest BCUT2D eigenvalue weighted by Gasteiger charge is 2.35. The number of Topliss-reactive ketones (excluding diaryl/α,β-unsaturated/α-hetero) is 1. The van der Waals surface area contributed by atoms with E-state index in [-0.39, 0.29) is 6.10 Å². The minimum Gasteiger partial charge on any atom is -0.370 e. The molecule has 1 unspecified atom stereocenters. The Labute approximate surface area is 112 Å². The summed E-state index contributed by atoms with van der Waals surface area (Å²) in [5, 5.41) is 0. The predicted octanol–water partition coefficient (Wildman–Crippen LogP) is 4.51. The van der Waals surface area contributed by atoms with Crippen molar-refractivity contribution in [2.24, 2.45) is 5.92 Å². The molecule has 18 heavy (non-hydrogen) atoms. The molecule has 0 heterocycles. The molecule has 1 saturated carbocycles. The fourth-order valence-corrected chi connectivity index (χ4v) is 2.47. The van der Waals surface area contributed by atoms with E-state index in [2.05, 4.69) is 6.92 Å². The molecule has 2 nitrogen and oxygen atoms in total. The van der Waals surface area contributed by atoms with Crippen LogP contribution < -0.4 is 0 Å². The maximum absolute atomic E-state index is 12.0. The van der Waals surface area contributed by atoms with E-state index in [9.17, 15) is 4.79 Å². The molecule has 1 aliphatic rings. The summed E-state index contributed by atoms with van der Waals surface area (Å²) in [5.74, 6) is 0.898. The van der Waals surface area contributed by atoms with Gasteiger partial charge in [-0.1, -0.05) is 45.4 Å². The molecule has 0 aromatic heterocycles. The zero-order valence-electron chi connectivity index (χ0n) is 12.2. The first kappa shape index (κ1) is 15.7. The number of hydrogen-bond donors (Lipinski definition) is 0. The topological polar surface area (TPSA) is 26.3 Å². The molecule has 0 spiro atoms. The Bertz CT molecular complexity index is 221. The summed E-state index contributed by atoms with van der Waals surface area (Å²) in [6.45, 7) is 4.89. The lowest BCUT2D eigenvalue weighted by Gasteiger charge is -2.14. The van der Waals surface area contributed by atoms with E-state index in [1.54, 1.807) is 0 Å². The van der Waals surface area contributed by atoms with Crippen LogP contribution >= 0.6 is 0 Å². The fourth-order valence-electron chi connectivity index (χ4n) is 2.47. The van der Waals surface area contributed by atoms with Crippen molar-refractivity contribution in [2.45, 2.75) is 84.2 Å². The lowest BCUT2D eigenvalue weighted by molar-refractivity contribution is -0.131. The molecule has 0 bridgehead atoms. The number of carbonyl (C=O) groups is 1. The van der Waals surface area contributed by atoms with Gasteiger partial charge < -0.3 is 4.74 Å². The first-order valence-corrected chi connectivity index (χ1v) is 7.93. The van der Waals surface area contributed by atoms with Crippen LogP contribution in [0.25, 0.3) is 0 Å². The summed E-state index contributed by atoms with van der Waals surface area (Å²) in [6, 6.07) is 0. The SMILES string of the molecule is CCCCCCCCCC(=O)C(OCC)C1CC1. The van der Waals surface area contributed by atoms with Gasteiger partial charge in [-0.15, -0.1) is 0 Å². The molecular weight excluding hydrogens is 224 g/mol. The average Bonchev–Trinajstić information content (AvgIpc) is 3.19. The molecule has 106 valence electrons. The van der Waals surface area contributed by atoms with Crippen LogP contribution in [-0.4, -0.2) is 18.5 Å². The molecule has 0 radical (unpaired) electrons. The van der Waals surface area contributed by atoms with E-state index < -0.39 is 0 Å². The highest BCUT2D eigenvalue weighted by molar-refractivity contribution is 5.83. The second-order valence-electron chi connectivity index (χ2n) is 5.55. The van der Waals surface area contributed by atoms with Gasteiger partial charge in [0.15, 0.2) is 5.78 Å². The molecule has 0 N–H and O–H groups in total. The van der Waals surface area contributed by atoms with Gasteiger partial charge in [-0.05, 0) is 32.1 Å². The van der Waals surface area contributed by atoms with Gasteiger partial charge in [0, 0.05) is 13.0 Å². The largest absolute Gasteiger partial charge is 0.370 e. The van der Waals surface area contributed by atoms with Gasteiger partial charge in [0.25, 0.3) is 0 Å². The second-order valence-corrected chi connectivity index (χ2v) is 5.55. The smallest absolute Gasteiger partial charge is 0.161 e. The van der Waals surface area contributed by atoms with E-state index in [4.69, 9.17) is 4.74 Å². The zero-order valence-corrected chi connectivity index (χ0v) is 12.2. The predicted molar refractivity (Wildman–Crippen MR) is 75.8 cm³/mol. The molecule has 0 aliphatic heterocycles. The lowest BCUT2D eigenvalue weighted by atomic mass is 10.0. The number of ether oxygens (including phenoxy) is 1. The van der Waals surface area contributed by atoms with E-state index in [1.807, 2.05) is 6.92 Å².